The molecule has 0 aromatic heterocycles. The van der Waals surface area contributed by atoms with Crippen LogP contribution >= 0.6 is 0 Å². The van der Waals surface area contributed by atoms with Crippen LogP contribution in [-0.2, 0) is 14.2 Å². The maximum Gasteiger partial charge on any atom is 0.416 e. The number of hydrogen-bond donors (Lipinski definition) is 0. The van der Waals surface area contributed by atoms with E-state index in [4.69, 9.17) is 0 Å². The van der Waals surface area contributed by atoms with Gasteiger partial charge in [0, 0.05) is 7.11 Å². The van der Waals surface area contributed by atoms with Crippen LogP contribution < -0.4 is 0 Å². The number of hydrogen-bond acceptors (Lipinski definition) is 3. The van der Waals surface area contributed by atoms with Gasteiger partial charge in [-0.25, -0.2) is 0 Å². The number of rotatable bonds is 7. The molecular formula is C7H9F5O3. The molecule has 0 aliphatic carbocycles. The lowest BCUT2D eigenvalue weighted by Gasteiger charge is -2.13. The molecule has 0 aliphatic rings. The highest BCUT2D eigenvalue weighted by atomic mass is 19.3. The van der Waals surface area contributed by atoms with E-state index in [1.54, 1.807) is 0 Å². The van der Waals surface area contributed by atoms with E-state index in [2.05, 4.69) is 14.2 Å². The fourth-order valence-corrected chi connectivity index (χ4v) is 0.490. The molecule has 0 spiro atoms. The summed E-state index contributed by atoms with van der Waals surface area (Å²) in [5, 5.41) is 0. The summed E-state index contributed by atoms with van der Waals surface area (Å²) in [6.07, 6.45) is -7.80. The van der Waals surface area contributed by atoms with Crippen molar-refractivity contribution in [1.82, 2.24) is 0 Å². The average Bonchev–Trinajstić information content (AvgIpc) is 2.16. The lowest BCUT2D eigenvalue weighted by molar-refractivity contribution is -0.264. The molecule has 15 heavy (non-hydrogen) atoms. The summed E-state index contributed by atoms with van der Waals surface area (Å²) in [6.45, 7) is -0.974. The van der Waals surface area contributed by atoms with Crippen LogP contribution in [0.5, 0.6) is 0 Å². The molecule has 0 aliphatic heterocycles. The maximum atomic E-state index is 12.3. The molecule has 8 heteroatoms. The Morgan fingerprint density at radius 3 is 2.20 bits per heavy atom. The molecule has 0 radical (unpaired) electrons. The first-order valence-electron chi connectivity index (χ1n) is 3.71. The van der Waals surface area contributed by atoms with E-state index in [-0.39, 0.29) is 13.2 Å². The highest BCUT2D eigenvalue weighted by Gasteiger charge is 2.40. The van der Waals surface area contributed by atoms with Crippen molar-refractivity contribution >= 4 is 0 Å². The van der Waals surface area contributed by atoms with Crippen LogP contribution in [0.15, 0.2) is 11.9 Å². The molecule has 0 saturated carbocycles. The Morgan fingerprint density at radius 2 is 1.73 bits per heavy atom. The molecule has 0 rings (SSSR count). The molecule has 0 aromatic carbocycles. The van der Waals surface area contributed by atoms with E-state index in [1.165, 1.54) is 7.11 Å². The highest BCUT2D eigenvalue weighted by Crippen LogP contribution is 2.30. The Balaban J connectivity index is 3.90. The van der Waals surface area contributed by atoms with Gasteiger partial charge in [0.25, 0.3) is 5.83 Å². The van der Waals surface area contributed by atoms with E-state index >= 15 is 0 Å². The van der Waals surface area contributed by atoms with Gasteiger partial charge in [0.05, 0.1) is 13.2 Å². The van der Waals surface area contributed by atoms with Crippen LogP contribution in [0.1, 0.15) is 0 Å². The van der Waals surface area contributed by atoms with E-state index in [1.807, 2.05) is 0 Å². The van der Waals surface area contributed by atoms with Gasteiger partial charge in [0.2, 0.25) is 0 Å². The largest absolute Gasteiger partial charge is 0.416 e. The average molecular weight is 236 g/mol. The summed E-state index contributed by atoms with van der Waals surface area (Å²) in [5.74, 6) is -2.92. The van der Waals surface area contributed by atoms with Crippen molar-refractivity contribution in [2.24, 2.45) is 0 Å². The van der Waals surface area contributed by atoms with Gasteiger partial charge >= 0.3 is 12.2 Å². The van der Waals surface area contributed by atoms with Crippen LogP contribution in [-0.4, -0.2) is 33.2 Å². The molecule has 0 fully saturated rings. The third-order valence-corrected chi connectivity index (χ3v) is 1.18. The molecule has 0 N–H and O–H groups in total. The van der Waals surface area contributed by atoms with Gasteiger partial charge in [0.15, 0.2) is 6.79 Å². The first-order chi connectivity index (χ1) is 6.91. The Kier molecular flexibility index (Phi) is 6.37. The minimum absolute atomic E-state index is 0.0734. The molecular weight excluding hydrogens is 227 g/mol. The third-order valence-electron chi connectivity index (χ3n) is 1.18. The van der Waals surface area contributed by atoms with Gasteiger partial charge in [0.1, 0.15) is 0 Å². The van der Waals surface area contributed by atoms with Crippen molar-refractivity contribution in [2.75, 3.05) is 27.1 Å². The minimum Gasteiger partial charge on any atom is -0.382 e. The first kappa shape index (κ1) is 14.3. The SMILES string of the molecule is COCCOCOC(F)(F)C(F)=C(F)F. The van der Waals surface area contributed by atoms with Crippen molar-refractivity contribution in [3.05, 3.63) is 11.9 Å². The Bertz CT molecular complexity index is 215. The minimum atomic E-state index is -4.67. The van der Waals surface area contributed by atoms with Crippen molar-refractivity contribution in [1.29, 1.82) is 0 Å². The van der Waals surface area contributed by atoms with Crippen LogP contribution in [0.4, 0.5) is 22.0 Å². The predicted molar refractivity (Wildman–Crippen MR) is 39.1 cm³/mol. The van der Waals surface area contributed by atoms with Crippen LogP contribution in [0, 0.1) is 0 Å². The lowest BCUT2D eigenvalue weighted by atomic mass is 10.5. The summed E-state index contributed by atoms with van der Waals surface area (Å²) >= 11 is 0. The van der Waals surface area contributed by atoms with Crippen LogP contribution in [0.3, 0.4) is 0 Å². The summed E-state index contributed by atoms with van der Waals surface area (Å²) < 4.78 is 71.9. The third kappa shape index (κ3) is 5.65. The monoisotopic (exact) mass is 236 g/mol. The Hall–Kier alpha value is -0.730. The Labute approximate surface area is 82.4 Å². The van der Waals surface area contributed by atoms with Gasteiger partial charge in [-0.05, 0) is 0 Å². The molecule has 0 bridgehead atoms. The zero-order chi connectivity index (χ0) is 11.9. The van der Waals surface area contributed by atoms with E-state index in [9.17, 15) is 22.0 Å². The normalized spacial score (nSPS) is 11.6. The maximum absolute atomic E-state index is 12.3. The lowest BCUT2D eigenvalue weighted by Crippen LogP contribution is -2.24. The van der Waals surface area contributed by atoms with Gasteiger partial charge in [-0.3, -0.25) is 4.74 Å². The van der Waals surface area contributed by atoms with Crippen molar-refractivity contribution < 1.29 is 36.2 Å². The Morgan fingerprint density at radius 1 is 1.13 bits per heavy atom. The second kappa shape index (κ2) is 6.70. The molecule has 0 heterocycles. The molecule has 0 unspecified atom stereocenters. The van der Waals surface area contributed by atoms with Gasteiger partial charge in [-0.1, -0.05) is 0 Å². The number of methoxy groups -OCH3 is 1. The van der Waals surface area contributed by atoms with E-state index in [0.29, 0.717) is 0 Å². The number of ether oxygens (including phenoxy) is 3. The number of halogens is 5. The fraction of sp³-hybridized carbons (Fsp3) is 0.714. The fourth-order valence-electron chi connectivity index (χ4n) is 0.490. The zero-order valence-electron chi connectivity index (χ0n) is 7.74. The predicted octanol–water partition coefficient (Wildman–Crippen LogP) is 2.29. The zero-order valence-corrected chi connectivity index (χ0v) is 7.74. The van der Waals surface area contributed by atoms with Crippen molar-refractivity contribution in [3.8, 4) is 0 Å². The van der Waals surface area contributed by atoms with Crippen LogP contribution in [0.25, 0.3) is 0 Å². The summed E-state index contributed by atoms with van der Waals surface area (Å²) in [6, 6.07) is 0. The van der Waals surface area contributed by atoms with E-state index < -0.39 is 24.8 Å². The standard InChI is InChI=1S/C7H9F5O3/c1-13-2-3-14-4-15-7(11,12)5(8)6(9)10/h2-4H2,1H3. The summed E-state index contributed by atoms with van der Waals surface area (Å²) in [7, 11) is 1.35. The molecule has 90 valence electrons. The first-order valence-corrected chi connectivity index (χ1v) is 3.71. The van der Waals surface area contributed by atoms with E-state index in [0.717, 1.165) is 0 Å². The highest BCUT2D eigenvalue weighted by molar-refractivity contribution is 4.99. The molecule has 0 atom stereocenters. The summed E-state index contributed by atoms with van der Waals surface area (Å²) in [5.41, 5.74) is 0. The molecule has 0 amide bonds. The van der Waals surface area contributed by atoms with Crippen LogP contribution in [0.2, 0.25) is 0 Å². The second-order valence-corrected chi connectivity index (χ2v) is 2.25. The van der Waals surface area contributed by atoms with Gasteiger partial charge in [-0.2, -0.15) is 22.0 Å². The quantitative estimate of drug-likeness (QED) is 0.385. The number of alkyl halides is 2. The smallest absolute Gasteiger partial charge is 0.382 e. The molecule has 3 nitrogen and oxygen atoms in total. The molecule has 0 aromatic rings. The van der Waals surface area contributed by atoms with Gasteiger partial charge < -0.3 is 9.47 Å². The van der Waals surface area contributed by atoms with Crippen molar-refractivity contribution in [3.63, 3.8) is 0 Å². The van der Waals surface area contributed by atoms with Crippen molar-refractivity contribution in [2.45, 2.75) is 6.11 Å². The second-order valence-electron chi connectivity index (χ2n) is 2.25. The van der Waals surface area contributed by atoms with Gasteiger partial charge in [-0.15, -0.1) is 0 Å². The summed E-state index contributed by atoms with van der Waals surface area (Å²) in [4.78, 5) is 0. The molecule has 0 saturated heterocycles. The topological polar surface area (TPSA) is 27.7 Å².